The molecule has 1 fully saturated rings. The fourth-order valence-electron chi connectivity index (χ4n) is 1.66. The molecule has 2 rings (SSSR count). The third kappa shape index (κ3) is 2.38. The van der Waals surface area contributed by atoms with E-state index in [-0.39, 0.29) is 12.1 Å². The lowest BCUT2D eigenvalue weighted by Crippen LogP contribution is -2.37. The van der Waals surface area contributed by atoms with Crippen LogP contribution in [-0.4, -0.2) is 42.0 Å². The van der Waals surface area contributed by atoms with Gasteiger partial charge in [0.2, 0.25) is 0 Å². The van der Waals surface area contributed by atoms with E-state index in [9.17, 15) is 9.59 Å². The number of anilines is 1. The van der Waals surface area contributed by atoms with E-state index in [1.165, 1.54) is 9.80 Å². The lowest BCUT2D eigenvalue weighted by molar-refractivity contribution is 0.195. The molecule has 0 bridgehead atoms. The average molecular weight is 233 g/mol. The van der Waals surface area contributed by atoms with Crippen molar-refractivity contribution in [2.45, 2.75) is 6.92 Å². The number of carbonyl (C=O) groups excluding carboxylic acids is 2. The Labute approximate surface area is 100 Å². The van der Waals surface area contributed by atoms with Gasteiger partial charge in [-0.1, -0.05) is 17.7 Å². The predicted molar refractivity (Wildman–Crippen MR) is 64.9 cm³/mol. The number of benzene rings is 1. The van der Waals surface area contributed by atoms with Gasteiger partial charge in [-0.15, -0.1) is 0 Å². The SMILES string of the molecule is Cc1ccc(NC(=O)N2CCN(C)C2=O)cc1. The molecule has 0 saturated carbocycles. The van der Waals surface area contributed by atoms with Crippen LogP contribution < -0.4 is 5.32 Å². The summed E-state index contributed by atoms with van der Waals surface area (Å²) < 4.78 is 0. The van der Waals surface area contributed by atoms with Gasteiger partial charge in [0.1, 0.15) is 0 Å². The van der Waals surface area contributed by atoms with Crippen molar-refractivity contribution in [2.24, 2.45) is 0 Å². The van der Waals surface area contributed by atoms with E-state index >= 15 is 0 Å². The largest absolute Gasteiger partial charge is 0.330 e. The minimum atomic E-state index is -0.372. The minimum absolute atomic E-state index is 0.255. The van der Waals surface area contributed by atoms with Gasteiger partial charge in [-0.3, -0.25) is 0 Å². The van der Waals surface area contributed by atoms with Gasteiger partial charge < -0.3 is 10.2 Å². The summed E-state index contributed by atoms with van der Waals surface area (Å²) in [6, 6.07) is 6.83. The van der Waals surface area contributed by atoms with Gasteiger partial charge in [0, 0.05) is 25.8 Å². The Morgan fingerprint density at radius 2 is 1.88 bits per heavy atom. The topological polar surface area (TPSA) is 52.7 Å². The van der Waals surface area contributed by atoms with E-state index in [0.717, 1.165) is 5.56 Å². The number of urea groups is 2. The first-order valence-electron chi connectivity index (χ1n) is 5.48. The second-order valence-electron chi connectivity index (χ2n) is 4.15. The first-order valence-corrected chi connectivity index (χ1v) is 5.48. The summed E-state index contributed by atoms with van der Waals surface area (Å²) in [5.41, 5.74) is 1.82. The van der Waals surface area contributed by atoms with Crippen molar-refractivity contribution in [2.75, 3.05) is 25.5 Å². The molecule has 0 spiro atoms. The summed E-state index contributed by atoms with van der Waals surface area (Å²) in [5.74, 6) is 0. The summed E-state index contributed by atoms with van der Waals surface area (Å²) in [5, 5.41) is 2.70. The molecule has 17 heavy (non-hydrogen) atoms. The molecule has 4 amide bonds. The van der Waals surface area contributed by atoms with Crippen molar-refractivity contribution in [3.05, 3.63) is 29.8 Å². The van der Waals surface area contributed by atoms with Gasteiger partial charge in [-0.25, -0.2) is 14.5 Å². The number of likely N-dealkylation sites (N-methyl/N-ethyl adjacent to an activating group) is 1. The number of hydrogen-bond donors (Lipinski definition) is 1. The van der Waals surface area contributed by atoms with Crippen molar-refractivity contribution >= 4 is 17.7 Å². The Morgan fingerprint density at radius 1 is 1.24 bits per heavy atom. The number of carbonyl (C=O) groups is 2. The minimum Gasteiger partial charge on any atom is -0.326 e. The standard InChI is InChI=1S/C12H15N3O2/c1-9-3-5-10(6-4-9)13-11(16)15-8-7-14(2)12(15)17/h3-6H,7-8H2,1-2H3,(H,13,16). The maximum atomic E-state index is 11.8. The van der Waals surface area contributed by atoms with Crippen LogP contribution in [0.1, 0.15) is 5.56 Å². The second-order valence-corrected chi connectivity index (χ2v) is 4.15. The summed E-state index contributed by atoms with van der Waals surface area (Å²) in [7, 11) is 1.68. The molecular weight excluding hydrogens is 218 g/mol. The number of imide groups is 1. The number of nitrogens with zero attached hydrogens (tertiary/aromatic N) is 2. The van der Waals surface area contributed by atoms with E-state index in [1.807, 2.05) is 31.2 Å². The Bertz CT molecular complexity index is 442. The first-order chi connectivity index (χ1) is 8.08. The summed E-state index contributed by atoms with van der Waals surface area (Å²) in [4.78, 5) is 26.1. The Morgan fingerprint density at radius 3 is 2.41 bits per heavy atom. The molecule has 0 radical (unpaired) electrons. The van der Waals surface area contributed by atoms with E-state index in [0.29, 0.717) is 18.8 Å². The second kappa shape index (κ2) is 4.45. The Balaban J connectivity index is 2.02. The van der Waals surface area contributed by atoms with Gasteiger partial charge in [0.05, 0.1) is 0 Å². The summed E-state index contributed by atoms with van der Waals surface area (Å²) >= 11 is 0. The van der Waals surface area contributed by atoms with Crippen LogP contribution in [0.15, 0.2) is 24.3 Å². The molecule has 0 aliphatic carbocycles. The van der Waals surface area contributed by atoms with Crippen molar-refractivity contribution in [1.29, 1.82) is 0 Å². The maximum absolute atomic E-state index is 11.8. The monoisotopic (exact) mass is 233 g/mol. The van der Waals surface area contributed by atoms with E-state index < -0.39 is 0 Å². The Kier molecular flexibility index (Phi) is 2.99. The maximum Gasteiger partial charge on any atom is 0.330 e. The van der Waals surface area contributed by atoms with Crippen molar-refractivity contribution in [1.82, 2.24) is 9.80 Å². The zero-order valence-electron chi connectivity index (χ0n) is 9.93. The molecule has 1 saturated heterocycles. The molecule has 1 aromatic rings. The number of aryl methyl sites for hydroxylation is 1. The number of amides is 4. The van der Waals surface area contributed by atoms with Crippen molar-refractivity contribution in [3.63, 3.8) is 0 Å². The van der Waals surface area contributed by atoms with Crippen LogP contribution in [0.25, 0.3) is 0 Å². The summed E-state index contributed by atoms with van der Waals surface area (Å²) in [6.07, 6.45) is 0. The van der Waals surface area contributed by atoms with Crippen LogP contribution in [0, 0.1) is 6.92 Å². The van der Waals surface area contributed by atoms with E-state index in [2.05, 4.69) is 5.32 Å². The van der Waals surface area contributed by atoms with Gasteiger partial charge >= 0.3 is 12.1 Å². The fraction of sp³-hybridized carbons (Fsp3) is 0.333. The third-order valence-electron chi connectivity index (χ3n) is 2.76. The molecule has 5 nitrogen and oxygen atoms in total. The molecule has 0 unspecified atom stereocenters. The van der Waals surface area contributed by atoms with Crippen molar-refractivity contribution in [3.8, 4) is 0 Å². The van der Waals surface area contributed by atoms with E-state index in [1.54, 1.807) is 7.05 Å². The lowest BCUT2D eigenvalue weighted by Gasteiger charge is -2.15. The van der Waals surface area contributed by atoms with Gasteiger partial charge in [-0.05, 0) is 19.1 Å². The van der Waals surface area contributed by atoms with Gasteiger partial charge in [0.15, 0.2) is 0 Å². The molecule has 5 heteroatoms. The molecule has 0 atom stereocenters. The number of hydrogen-bond acceptors (Lipinski definition) is 2. The zero-order chi connectivity index (χ0) is 12.4. The van der Waals surface area contributed by atoms with Crippen LogP contribution in [0.3, 0.4) is 0 Å². The highest BCUT2D eigenvalue weighted by atomic mass is 16.2. The van der Waals surface area contributed by atoms with Crippen LogP contribution >= 0.6 is 0 Å². The Hall–Kier alpha value is -2.04. The van der Waals surface area contributed by atoms with Crippen molar-refractivity contribution < 1.29 is 9.59 Å². The molecule has 90 valence electrons. The average Bonchev–Trinajstić information content (AvgIpc) is 2.63. The smallest absolute Gasteiger partial charge is 0.326 e. The number of rotatable bonds is 1. The molecular formula is C12H15N3O2. The van der Waals surface area contributed by atoms with Crippen LogP contribution in [-0.2, 0) is 0 Å². The molecule has 0 aromatic heterocycles. The van der Waals surface area contributed by atoms with Gasteiger partial charge in [-0.2, -0.15) is 0 Å². The normalized spacial score (nSPS) is 15.3. The highest BCUT2D eigenvalue weighted by Crippen LogP contribution is 2.12. The molecule has 1 aliphatic heterocycles. The molecule has 1 aromatic carbocycles. The van der Waals surface area contributed by atoms with Gasteiger partial charge in [0.25, 0.3) is 0 Å². The van der Waals surface area contributed by atoms with Crippen LogP contribution in [0.2, 0.25) is 0 Å². The first kappa shape index (κ1) is 11.4. The zero-order valence-corrected chi connectivity index (χ0v) is 9.93. The highest BCUT2D eigenvalue weighted by Gasteiger charge is 2.30. The number of nitrogens with one attached hydrogen (secondary N) is 1. The molecule has 1 N–H and O–H groups in total. The summed E-state index contributed by atoms with van der Waals surface area (Å²) in [6.45, 7) is 3.00. The quantitative estimate of drug-likeness (QED) is 0.805. The highest BCUT2D eigenvalue weighted by molar-refractivity contribution is 6.01. The lowest BCUT2D eigenvalue weighted by atomic mass is 10.2. The third-order valence-corrected chi connectivity index (χ3v) is 2.76. The predicted octanol–water partition coefficient (Wildman–Crippen LogP) is 1.89. The fourth-order valence-corrected chi connectivity index (χ4v) is 1.66. The molecule has 1 aliphatic rings. The van der Waals surface area contributed by atoms with E-state index in [4.69, 9.17) is 0 Å². The molecule has 1 heterocycles. The van der Waals surface area contributed by atoms with Crippen LogP contribution in [0.4, 0.5) is 15.3 Å². The van der Waals surface area contributed by atoms with Crippen LogP contribution in [0.5, 0.6) is 0 Å².